The highest BCUT2D eigenvalue weighted by molar-refractivity contribution is 5.78. The highest BCUT2D eigenvalue weighted by Gasteiger charge is 2.19. The van der Waals surface area contributed by atoms with Crippen molar-refractivity contribution in [3.63, 3.8) is 0 Å². The van der Waals surface area contributed by atoms with Gasteiger partial charge in [-0.15, -0.1) is 0 Å². The molecule has 0 heterocycles. The predicted molar refractivity (Wildman–Crippen MR) is 66.2 cm³/mol. The Hall–Kier alpha value is -1.51. The van der Waals surface area contributed by atoms with Gasteiger partial charge in [0.15, 0.2) is 0 Å². The van der Waals surface area contributed by atoms with Gasteiger partial charge in [0.25, 0.3) is 0 Å². The van der Waals surface area contributed by atoms with Crippen LogP contribution < -0.4 is 4.90 Å². The number of rotatable bonds is 3. The fourth-order valence-electron chi connectivity index (χ4n) is 2.09. The molecule has 0 aliphatic carbocycles. The Kier molecular flexibility index (Phi) is 3.58. The number of anilines is 1. The van der Waals surface area contributed by atoms with Crippen molar-refractivity contribution in [2.24, 2.45) is 0 Å². The summed E-state index contributed by atoms with van der Waals surface area (Å²) in [5, 5.41) is 9.01. The van der Waals surface area contributed by atoms with Crippen LogP contribution in [-0.4, -0.2) is 24.2 Å². The van der Waals surface area contributed by atoms with Crippen LogP contribution in [0.5, 0.6) is 0 Å². The smallest absolute Gasteiger partial charge is 0.326 e. The average molecular weight is 221 g/mol. The molecule has 16 heavy (non-hydrogen) atoms. The molecule has 3 nitrogen and oxygen atoms in total. The SMILES string of the molecule is Cc1cc(C)c(N(C)[C@@H](C)C(=O)O)c(C)c1. The molecular weight excluding hydrogens is 202 g/mol. The zero-order valence-electron chi connectivity index (χ0n) is 10.5. The molecule has 3 heteroatoms. The zero-order valence-corrected chi connectivity index (χ0v) is 10.5. The molecule has 0 fully saturated rings. The summed E-state index contributed by atoms with van der Waals surface area (Å²) < 4.78 is 0. The number of nitrogens with zero attached hydrogens (tertiary/aromatic N) is 1. The van der Waals surface area contributed by atoms with Gasteiger partial charge in [0.1, 0.15) is 6.04 Å². The van der Waals surface area contributed by atoms with Gasteiger partial charge in [-0.1, -0.05) is 17.7 Å². The summed E-state index contributed by atoms with van der Waals surface area (Å²) in [7, 11) is 1.82. The number of carboxylic acid groups (broad SMARTS) is 1. The van der Waals surface area contributed by atoms with Gasteiger partial charge >= 0.3 is 5.97 Å². The molecule has 0 bridgehead atoms. The normalized spacial score (nSPS) is 12.3. The molecule has 0 unspecified atom stereocenters. The quantitative estimate of drug-likeness (QED) is 0.852. The highest BCUT2D eigenvalue weighted by atomic mass is 16.4. The minimum atomic E-state index is -0.804. The van der Waals surface area contributed by atoms with Crippen LogP contribution >= 0.6 is 0 Å². The first-order valence-corrected chi connectivity index (χ1v) is 5.38. The molecule has 0 aliphatic heterocycles. The first kappa shape index (κ1) is 12.6. The van der Waals surface area contributed by atoms with Gasteiger partial charge in [-0.3, -0.25) is 0 Å². The van der Waals surface area contributed by atoms with Crippen LogP contribution in [0, 0.1) is 20.8 Å². The van der Waals surface area contributed by atoms with Crippen LogP contribution in [0.25, 0.3) is 0 Å². The summed E-state index contributed by atoms with van der Waals surface area (Å²) in [5.74, 6) is -0.804. The van der Waals surface area contributed by atoms with Crippen molar-refractivity contribution in [1.29, 1.82) is 0 Å². The first-order valence-electron chi connectivity index (χ1n) is 5.38. The molecule has 1 aromatic carbocycles. The number of benzene rings is 1. The molecule has 0 aromatic heterocycles. The number of hydrogen-bond acceptors (Lipinski definition) is 2. The first-order chi connectivity index (χ1) is 7.34. The Morgan fingerprint density at radius 3 is 2.06 bits per heavy atom. The van der Waals surface area contributed by atoms with E-state index in [2.05, 4.69) is 12.1 Å². The molecule has 0 aliphatic rings. The van der Waals surface area contributed by atoms with Gasteiger partial charge in [-0.05, 0) is 38.8 Å². The Labute approximate surface area is 96.7 Å². The minimum absolute atomic E-state index is 0.514. The monoisotopic (exact) mass is 221 g/mol. The number of carbonyl (C=O) groups is 1. The summed E-state index contributed by atoms with van der Waals surface area (Å²) in [6.07, 6.45) is 0. The van der Waals surface area contributed by atoms with Crippen molar-refractivity contribution in [3.8, 4) is 0 Å². The summed E-state index contributed by atoms with van der Waals surface area (Å²) in [6.45, 7) is 7.77. The minimum Gasteiger partial charge on any atom is -0.480 e. The van der Waals surface area contributed by atoms with Crippen molar-refractivity contribution >= 4 is 11.7 Å². The Morgan fingerprint density at radius 2 is 1.69 bits per heavy atom. The summed E-state index contributed by atoms with van der Waals surface area (Å²) in [4.78, 5) is 12.8. The van der Waals surface area contributed by atoms with Crippen molar-refractivity contribution in [1.82, 2.24) is 0 Å². The van der Waals surface area contributed by atoms with Gasteiger partial charge in [0, 0.05) is 12.7 Å². The number of carboxylic acids is 1. The van der Waals surface area contributed by atoms with E-state index < -0.39 is 12.0 Å². The van der Waals surface area contributed by atoms with Crippen LogP contribution in [0.3, 0.4) is 0 Å². The van der Waals surface area contributed by atoms with Gasteiger partial charge in [-0.25, -0.2) is 4.79 Å². The van der Waals surface area contributed by atoms with Crippen LogP contribution in [0.2, 0.25) is 0 Å². The highest BCUT2D eigenvalue weighted by Crippen LogP contribution is 2.26. The van der Waals surface area contributed by atoms with Crippen LogP contribution in [0.15, 0.2) is 12.1 Å². The van der Waals surface area contributed by atoms with E-state index in [1.54, 1.807) is 6.92 Å². The Morgan fingerprint density at radius 1 is 1.25 bits per heavy atom. The fraction of sp³-hybridized carbons (Fsp3) is 0.462. The summed E-state index contributed by atoms with van der Waals surface area (Å²) in [5.41, 5.74) is 4.46. The van der Waals surface area contributed by atoms with Gasteiger partial charge in [-0.2, -0.15) is 0 Å². The molecule has 1 rings (SSSR count). The zero-order chi connectivity index (χ0) is 12.5. The molecular formula is C13H19NO2. The largest absolute Gasteiger partial charge is 0.480 e. The van der Waals surface area contributed by atoms with Gasteiger partial charge in [0.05, 0.1) is 0 Å². The van der Waals surface area contributed by atoms with Crippen molar-refractivity contribution < 1.29 is 9.90 Å². The molecule has 0 spiro atoms. The number of likely N-dealkylation sites (N-methyl/N-ethyl adjacent to an activating group) is 1. The summed E-state index contributed by atoms with van der Waals surface area (Å²) in [6, 6.07) is 3.64. The predicted octanol–water partition coefficient (Wildman–Crippen LogP) is 2.52. The van der Waals surface area contributed by atoms with Gasteiger partial charge < -0.3 is 10.0 Å². The van der Waals surface area contributed by atoms with Crippen molar-refractivity contribution in [2.75, 3.05) is 11.9 Å². The molecule has 1 N–H and O–H groups in total. The van der Waals surface area contributed by atoms with E-state index in [0.717, 1.165) is 16.8 Å². The molecule has 1 aromatic rings. The fourth-order valence-corrected chi connectivity index (χ4v) is 2.09. The van der Waals surface area contributed by atoms with Crippen molar-refractivity contribution in [3.05, 3.63) is 28.8 Å². The Bertz CT molecular complexity index is 389. The molecule has 0 amide bonds. The maximum absolute atomic E-state index is 11.0. The molecule has 0 saturated heterocycles. The Balaban J connectivity index is 3.18. The molecule has 1 atom stereocenters. The van der Waals surface area contributed by atoms with E-state index >= 15 is 0 Å². The third-order valence-electron chi connectivity index (χ3n) is 2.93. The van der Waals surface area contributed by atoms with Gasteiger partial charge in [0.2, 0.25) is 0 Å². The molecule has 88 valence electrons. The third-order valence-corrected chi connectivity index (χ3v) is 2.93. The van der Waals surface area contributed by atoms with E-state index in [1.807, 2.05) is 32.7 Å². The van der Waals surface area contributed by atoms with E-state index in [-0.39, 0.29) is 0 Å². The average Bonchev–Trinajstić information content (AvgIpc) is 2.14. The van der Waals surface area contributed by atoms with Crippen LogP contribution in [-0.2, 0) is 4.79 Å². The second-order valence-corrected chi connectivity index (χ2v) is 4.37. The second kappa shape index (κ2) is 4.56. The lowest BCUT2D eigenvalue weighted by molar-refractivity contribution is -0.138. The number of aliphatic carboxylic acids is 1. The topological polar surface area (TPSA) is 40.5 Å². The maximum atomic E-state index is 11.0. The molecule has 0 saturated carbocycles. The third kappa shape index (κ3) is 2.35. The lowest BCUT2D eigenvalue weighted by atomic mass is 10.0. The van der Waals surface area contributed by atoms with Crippen LogP contribution in [0.1, 0.15) is 23.6 Å². The van der Waals surface area contributed by atoms with Crippen LogP contribution in [0.4, 0.5) is 5.69 Å². The second-order valence-electron chi connectivity index (χ2n) is 4.37. The number of hydrogen-bond donors (Lipinski definition) is 1. The van der Waals surface area contributed by atoms with E-state index in [9.17, 15) is 4.79 Å². The number of aryl methyl sites for hydroxylation is 3. The lowest BCUT2D eigenvalue weighted by Crippen LogP contribution is -2.36. The van der Waals surface area contributed by atoms with E-state index in [4.69, 9.17) is 5.11 Å². The van der Waals surface area contributed by atoms with E-state index in [1.165, 1.54) is 5.56 Å². The molecule has 0 radical (unpaired) electrons. The maximum Gasteiger partial charge on any atom is 0.326 e. The standard InChI is InChI=1S/C13H19NO2/c1-8-6-9(2)12(10(3)7-8)14(5)11(4)13(15)16/h6-7,11H,1-5H3,(H,15,16)/t11-/m0/s1. The lowest BCUT2D eigenvalue weighted by Gasteiger charge is -2.27. The van der Waals surface area contributed by atoms with Crippen molar-refractivity contribution in [2.45, 2.75) is 33.7 Å². The summed E-state index contributed by atoms with van der Waals surface area (Å²) >= 11 is 0. The van der Waals surface area contributed by atoms with E-state index in [0.29, 0.717) is 0 Å².